The van der Waals surface area contributed by atoms with Crippen LogP contribution in [-0.2, 0) is 9.47 Å². The van der Waals surface area contributed by atoms with Crippen LogP contribution in [0.2, 0.25) is 0 Å². The SMILES string of the molecule is Cc1sc2c(c1C)C(c1ccc(N3CCOC4(CCN(C(=O)OC(C)(C)C)C4)C3)cc1)=N[C@@H](C)c1nnc(C)n1-2. The van der Waals surface area contributed by atoms with Crippen molar-refractivity contribution in [1.82, 2.24) is 19.7 Å². The van der Waals surface area contributed by atoms with Crippen LogP contribution in [0, 0.1) is 20.8 Å². The van der Waals surface area contributed by atoms with Crippen LogP contribution in [0.25, 0.3) is 5.00 Å². The average Bonchev–Trinajstić information content (AvgIpc) is 3.55. The zero-order valence-electron chi connectivity index (χ0n) is 24.4. The molecule has 2 saturated heterocycles. The van der Waals surface area contributed by atoms with Crippen LogP contribution < -0.4 is 4.90 Å². The van der Waals surface area contributed by atoms with Gasteiger partial charge in [0.1, 0.15) is 28.1 Å². The molecule has 5 heterocycles. The first-order chi connectivity index (χ1) is 18.9. The van der Waals surface area contributed by atoms with Crippen molar-refractivity contribution in [2.45, 2.75) is 72.1 Å². The molecule has 1 spiro atoms. The third kappa shape index (κ3) is 4.71. The van der Waals surface area contributed by atoms with Gasteiger partial charge in [-0.05, 0) is 72.6 Å². The Labute approximate surface area is 239 Å². The van der Waals surface area contributed by atoms with E-state index in [0.717, 1.165) is 53.1 Å². The van der Waals surface area contributed by atoms with Crippen LogP contribution in [-0.4, -0.2) is 75.5 Å². The largest absolute Gasteiger partial charge is 0.444 e. The number of anilines is 1. The van der Waals surface area contributed by atoms with E-state index in [9.17, 15) is 4.79 Å². The third-order valence-corrected chi connectivity index (χ3v) is 9.27. The van der Waals surface area contributed by atoms with E-state index >= 15 is 0 Å². The quantitative estimate of drug-likeness (QED) is 0.417. The van der Waals surface area contributed by atoms with E-state index < -0.39 is 5.60 Å². The lowest BCUT2D eigenvalue weighted by molar-refractivity contribution is -0.0488. The van der Waals surface area contributed by atoms with Gasteiger partial charge in [0, 0.05) is 41.3 Å². The van der Waals surface area contributed by atoms with E-state index in [1.54, 1.807) is 16.2 Å². The maximum Gasteiger partial charge on any atom is 0.410 e. The number of carbonyl (C=O) groups excluding carboxylic acids is 1. The highest BCUT2D eigenvalue weighted by Gasteiger charge is 2.45. The van der Waals surface area contributed by atoms with Crippen LogP contribution in [0.1, 0.15) is 73.4 Å². The maximum atomic E-state index is 12.7. The molecule has 6 rings (SSSR count). The number of carbonyl (C=O) groups is 1. The van der Waals surface area contributed by atoms with Crippen molar-refractivity contribution in [2.75, 3.05) is 37.7 Å². The molecule has 2 aromatic heterocycles. The smallest absolute Gasteiger partial charge is 0.410 e. The predicted molar refractivity (Wildman–Crippen MR) is 157 cm³/mol. The third-order valence-electron chi connectivity index (χ3n) is 8.08. The zero-order valence-corrected chi connectivity index (χ0v) is 25.3. The average molecular weight is 563 g/mol. The molecular formula is C30H38N6O3S. The second-order valence-corrected chi connectivity index (χ2v) is 13.4. The summed E-state index contributed by atoms with van der Waals surface area (Å²) >= 11 is 1.78. The number of hydrogen-bond donors (Lipinski definition) is 0. The predicted octanol–water partition coefficient (Wildman–Crippen LogP) is 5.38. The van der Waals surface area contributed by atoms with Gasteiger partial charge in [-0.25, -0.2) is 4.79 Å². The number of likely N-dealkylation sites (tertiary alicyclic amines) is 1. The van der Waals surface area contributed by atoms with Gasteiger partial charge < -0.3 is 19.3 Å². The Morgan fingerprint density at radius 1 is 1.10 bits per heavy atom. The lowest BCUT2D eigenvalue weighted by atomic mass is 9.98. The number of rotatable bonds is 2. The number of thiophene rings is 1. The normalized spacial score (nSPS) is 22.7. The minimum absolute atomic E-state index is 0.107. The molecule has 2 fully saturated rings. The topological polar surface area (TPSA) is 85.1 Å². The van der Waals surface area contributed by atoms with Crippen LogP contribution in [0.15, 0.2) is 29.3 Å². The minimum Gasteiger partial charge on any atom is -0.444 e. The maximum absolute atomic E-state index is 12.7. The summed E-state index contributed by atoms with van der Waals surface area (Å²) in [4.78, 5) is 23.3. The molecule has 2 atom stereocenters. The summed E-state index contributed by atoms with van der Waals surface area (Å²) in [5, 5.41) is 9.97. The van der Waals surface area contributed by atoms with E-state index in [2.05, 4.69) is 64.7 Å². The molecule has 40 heavy (non-hydrogen) atoms. The number of aryl methyl sites for hydroxylation is 2. The molecule has 3 aliphatic heterocycles. The number of aromatic nitrogens is 3. The number of amides is 1. The fourth-order valence-corrected chi connectivity index (χ4v) is 7.16. The summed E-state index contributed by atoms with van der Waals surface area (Å²) < 4.78 is 14.1. The number of fused-ring (bicyclic) bond motifs is 3. The van der Waals surface area contributed by atoms with Gasteiger partial charge in [0.25, 0.3) is 0 Å². The fourth-order valence-electron chi connectivity index (χ4n) is 5.95. The number of benzene rings is 1. The molecule has 3 aliphatic rings. The summed E-state index contributed by atoms with van der Waals surface area (Å²) in [6.07, 6.45) is 0.539. The van der Waals surface area contributed by atoms with Crippen molar-refractivity contribution < 1.29 is 14.3 Å². The zero-order chi connectivity index (χ0) is 28.4. The Morgan fingerprint density at radius 2 is 1.85 bits per heavy atom. The van der Waals surface area contributed by atoms with Crippen molar-refractivity contribution in [3.63, 3.8) is 0 Å². The van der Waals surface area contributed by atoms with Gasteiger partial charge in [0.15, 0.2) is 5.82 Å². The van der Waals surface area contributed by atoms with Crippen LogP contribution in [0.4, 0.5) is 10.5 Å². The highest BCUT2D eigenvalue weighted by molar-refractivity contribution is 7.15. The summed E-state index contributed by atoms with van der Waals surface area (Å²) in [6, 6.07) is 8.63. The van der Waals surface area contributed by atoms with E-state index in [1.165, 1.54) is 16.0 Å². The second-order valence-electron chi connectivity index (χ2n) is 12.2. The second kappa shape index (κ2) is 9.69. The van der Waals surface area contributed by atoms with Crippen molar-refractivity contribution in [3.8, 4) is 5.00 Å². The van der Waals surface area contributed by atoms with Gasteiger partial charge in [-0.3, -0.25) is 9.56 Å². The summed E-state index contributed by atoms with van der Waals surface area (Å²) in [7, 11) is 0. The van der Waals surface area contributed by atoms with Gasteiger partial charge in [0.2, 0.25) is 0 Å². The highest BCUT2D eigenvalue weighted by atomic mass is 32.1. The highest BCUT2D eigenvalue weighted by Crippen LogP contribution is 2.39. The van der Waals surface area contributed by atoms with Gasteiger partial charge >= 0.3 is 6.09 Å². The van der Waals surface area contributed by atoms with E-state index in [-0.39, 0.29) is 17.7 Å². The number of morpholine rings is 1. The van der Waals surface area contributed by atoms with Crippen LogP contribution in [0.5, 0.6) is 0 Å². The van der Waals surface area contributed by atoms with Crippen molar-refractivity contribution >= 4 is 28.8 Å². The molecule has 10 heteroatoms. The van der Waals surface area contributed by atoms with E-state index in [0.29, 0.717) is 19.7 Å². The molecule has 0 N–H and O–H groups in total. The minimum atomic E-state index is -0.509. The molecule has 0 aliphatic carbocycles. The molecule has 1 amide bonds. The first-order valence-electron chi connectivity index (χ1n) is 14.0. The number of nitrogens with zero attached hydrogens (tertiary/aromatic N) is 6. The Kier molecular flexibility index (Phi) is 6.53. The van der Waals surface area contributed by atoms with Gasteiger partial charge in [-0.15, -0.1) is 21.5 Å². The van der Waals surface area contributed by atoms with E-state index in [1.807, 2.05) is 27.7 Å². The Balaban J connectivity index is 1.25. The number of aliphatic imine (C=N–C) groups is 1. The van der Waals surface area contributed by atoms with Crippen molar-refractivity contribution in [3.05, 3.63) is 57.5 Å². The van der Waals surface area contributed by atoms with Crippen molar-refractivity contribution in [2.24, 2.45) is 4.99 Å². The first kappa shape index (κ1) is 27.0. The molecule has 0 bridgehead atoms. The molecule has 1 aromatic carbocycles. The molecule has 0 saturated carbocycles. The van der Waals surface area contributed by atoms with E-state index in [4.69, 9.17) is 14.5 Å². The van der Waals surface area contributed by atoms with Gasteiger partial charge in [-0.2, -0.15) is 0 Å². The van der Waals surface area contributed by atoms with Crippen molar-refractivity contribution in [1.29, 1.82) is 0 Å². The standard InChI is InChI=1S/C30H38N6O3S/c1-18-20(3)40-27-24(18)25(31-19(2)26-33-32-21(4)36(26)27)22-8-10-23(11-9-22)34-14-15-38-30(16-34)12-13-35(17-30)28(37)39-29(5,6)7/h8-11,19H,12-17H2,1-7H3/t19-,30?/m0/s1. The number of hydrogen-bond acceptors (Lipinski definition) is 8. The van der Waals surface area contributed by atoms with Crippen LogP contribution >= 0.6 is 11.3 Å². The summed E-state index contributed by atoms with van der Waals surface area (Å²) in [5.74, 6) is 1.76. The molecular weight excluding hydrogens is 524 g/mol. The lowest BCUT2D eigenvalue weighted by Gasteiger charge is -2.41. The van der Waals surface area contributed by atoms with Gasteiger partial charge in [-0.1, -0.05) is 12.1 Å². The summed E-state index contributed by atoms with van der Waals surface area (Å²) in [5.41, 5.74) is 4.78. The Morgan fingerprint density at radius 3 is 2.58 bits per heavy atom. The molecule has 212 valence electrons. The lowest BCUT2D eigenvalue weighted by Crippen LogP contribution is -2.54. The number of ether oxygens (including phenoxy) is 2. The molecule has 0 radical (unpaired) electrons. The Hall–Kier alpha value is -3.24. The molecule has 9 nitrogen and oxygen atoms in total. The van der Waals surface area contributed by atoms with Gasteiger partial charge in [0.05, 0.1) is 18.9 Å². The summed E-state index contributed by atoms with van der Waals surface area (Å²) in [6.45, 7) is 17.5. The first-order valence-corrected chi connectivity index (χ1v) is 14.8. The van der Waals surface area contributed by atoms with Crippen LogP contribution in [0.3, 0.4) is 0 Å². The monoisotopic (exact) mass is 562 g/mol. The molecule has 3 aromatic rings. The molecule has 1 unspecified atom stereocenters. The fraction of sp³-hybridized carbons (Fsp3) is 0.533. The Bertz CT molecular complexity index is 1480.